The van der Waals surface area contributed by atoms with Crippen LogP contribution in [0.1, 0.15) is 11.5 Å². The van der Waals surface area contributed by atoms with Crippen LogP contribution in [0.2, 0.25) is 5.28 Å². The molecule has 19 heavy (non-hydrogen) atoms. The molecule has 1 aromatic carbocycles. The summed E-state index contributed by atoms with van der Waals surface area (Å²) in [6.07, 6.45) is 1.01. The van der Waals surface area contributed by atoms with Gasteiger partial charge in [0.05, 0.1) is 12.8 Å². The summed E-state index contributed by atoms with van der Waals surface area (Å²) in [6.45, 7) is 0.308. The first-order valence-corrected chi connectivity index (χ1v) is 6.16. The molecule has 0 saturated carbocycles. The molecule has 0 aliphatic rings. The number of halogens is 2. The molecule has 0 saturated heterocycles. The van der Waals surface area contributed by atoms with Gasteiger partial charge in [-0.15, -0.1) is 0 Å². The summed E-state index contributed by atoms with van der Waals surface area (Å²) < 4.78 is 13.4. The van der Waals surface area contributed by atoms with E-state index in [2.05, 4.69) is 15.3 Å². The first kappa shape index (κ1) is 13.7. The predicted octanol–water partition coefficient (Wildman–Crippen LogP) is 2.46. The second-order valence-corrected chi connectivity index (χ2v) is 4.34. The van der Waals surface area contributed by atoms with E-state index in [0.29, 0.717) is 6.54 Å². The highest BCUT2D eigenvalue weighted by Crippen LogP contribution is 2.17. The van der Waals surface area contributed by atoms with Gasteiger partial charge in [0.25, 0.3) is 0 Å². The topological polar surface area (TPSA) is 58.0 Å². The molecule has 0 aliphatic heterocycles. The van der Waals surface area contributed by atoms with Crippen LogP contribution < -0.4 is 5.32 Å². The number of nitrogens with one attached hydrogen (secondary N) is 1. The lowest BCUT2D eigenvalue weighted by atomic mass is 10.0. The van der Waals surface area contributed by atoms with Crippen LogP contribution in [0.3, 0.4) is 0 Å². The Balaban J connectivity index is 2.06. The molecule has 1 atom stereocenters. The SMILES string of the molecule is OCC(CNc1nc(Cl)ncc1F)c1ccccc1. The van der Waals surface area contributed by atoms with Crippen molar-refractivity contribution >= 4 is 17.4 Å². The maximum atomic E-state index is 13.4. The van der Waals surface area contributed by atoms with Gasteiger partial charge in [-0.25, -0.2) is 9.37 Å². The number of hydrogen-bond acceptors (Lipinski definition) is 4. The van der Waals surface area contributed by atoms with Crippen molar-refractivity contribution < 1.29 is 9.50 Å². The van der Waals surface area contributed by atoms with Gasteiger partial charge in [-0.1, -0.05) is 30.3 Å². The van der Waals surface area contributed by atoms with E-state index in [0.717, 1.165) is 11.8 Å². The summed E-state index contributed by atoms with van der Waals surface area (Å²) in [5.74, 6) is -0.683. The molecule has 2 aromatic rings. The van der Waals surface area contributed by atoms with Crippen LogP contribution in [-0.2, 0) is 0 Å². The van der Waals surface area contributed by atoms with E-state index in [4.69, 9.17) is 11.6 Å². The molecule has 0 fully saturated rings. The third-order valence-electron chi connectivity index (χ3n) is 2.72. The molecule has 0 radical (unpaired) electrons. The van der Waals surface area contributed by atoms with E-state index in [1.165, 1.54) is 0 Å². The van der Waals surface area contributed by atoms with E-state index >= 15 is 0 Å². The lowest BCUT2D eigenvalue weighted by Gasteiger charge is -2.16. The standard InChI is InChI=1S/C13H13ClFN3O/c14-13-17-7-11(15)12(18-13)16-6-10(8-19)9-4-2-1-3-5-9/h1-5,7,10,19H,6,8H2,(H,16,17,18). The molecule has 0 aliphatic carbocycles. The summed E-state index contributed by atoms with van der Waals surface area (Å²) >= 11 is 5.60. The van der Waals surface area contributed by atoms with Crippen LogP contribution in [0.25, 0.3) is 0 Å². The van der Waals surface area contributed by atoms with Gasteiger partial charge in [0, 0.05) is 12.5 Å². The third-order valence-corrected chi connectivity index (χ3v) is 2.90. The fourth-order valence-corrected chi connectivity index (χ4v) is 1.84. The predicted molar refractivity (Wildman–Crippen MR) is 71.8 cm³/mol. The zero-order valence-corrected chi connectivity index (χ0v) is 10.8. The van der Waals surface area contributed by atoms with E-state index in [1.54, 1.807) is 0 Å². The van der Waals surface area contributed by atoms with E-state index < -0.39 is 5.82 Å². The van der Waals surface area contributed by atoms with Crippen molar-refractivity contribution in [3.63, 3.8) is 0 Å². The molecule has 0 amide bonds. The van der Waals surface area contributed by atoms with Crippen molar-refractivity contribution in [2.45, 2.75) is 5.92 Å². The molecule has 4 nitrogen and oxygen atoms in total. The first-order chi connectivity index (χ1) is 9.20. The van der Waals surface area contributed by atoms with Crippen molar-refractivity contribution in [3.8, 4) is 0 Å². The first-order valence-electron chi connectivity index (χ1n) is 5.78. The highest BCUT2D eigenvalue weighted by molar-refractivity contribution is 6.28. The van der Waals surface area contributed by atoms with Gasteiger partial charge in [0.2, 0.25) is 5.28 Å². The molecule has 2 N–H and O–H groups in total. The minimum absolute atomic E-state index is 0.0239. The van der Waals surface area contributed by atoms with Gasteiger partial charge >= 0.3 is 0 Å². The molecule has 6 heteroatoms. The number of nitrogens with zero attached hydrogens (tertiary/aromatic N) is 2. The highest BCUT2D eigenvalue weighted by atomic mass is 35.5. The maximum Gasteiger partial charge on any atom is 0.224 e. The summed E-state index contributed by atoms with van der Waals surface area (Å²) in [5.41, 5.74) is 0.970. The van der Waals surface area contributed by atoms with Crippen molar-refractivity contribution in [1.29, 1.82) is 0 Å². The smallest absolute Gasteiger partial charge is 0.224 e. The van der Waals surface area contributed by atoms with Gasteiger partial charge < -0.3 is 10.4 Å². The van der Waals surface area contributed by atoms with Gasteiger partial charge in [-0.05, 0) is 17.2 Å². The Labute approximate surface area is 115 Å². The minimum atomic E-state index is -0.575. The van der Waals surface area contributed by atoms with Gasteiger partial charge in [-0.2, -0.15) is 4.98 Å². The maximum absolute atomic E-state index is 13.4. The van der Waals surface area contributed by atoms with Crippen molar-refractivity contribution in [1.82, 2.24) is 9.97 Å². The normalized spacial score (nSPS) is 12.2. The van der Waals surface area contributed by atoms with Gasteiger partial charge in [0.1, 0.15) is 0 Å². The van der Waals surface area contributed by atoms with Crippen molar-refractivity contribution in [2.75, 3.05) is 18.5 Å². The molecular formula is C13H13ClFN3O. The average Bonchev–Trinajstić information content (AvgIpc) is 2.44. The fraction of sp³-hybridized carbons (Fsp3) is 0.231. The summed E-state index contributed by atoms with van der Waals surface area (Å²) in [6, 6.07) is 9.49. The number of hydrogen-bond donors (Lipinski definition) is 2. The number of aromatic nitrogens is 2. The number of aliphatic hydroxyl groups is 1. The van der Waals surface area contributed by atoms with Crippen LogP contribution in [0.15, 0.2) is 36.5 Å². The number of anilines is 1. The molecule has 1 heterocycles. The molecular weight excluding hydrogens is 269 g/mol. The quantitative estimate of drug-likeness (QED) is 0.827. The second kappa shape index (κ2) is 6.45. The number of rotatable bonds is 5. The number of benzene rings is 1. The lowest BCUT2D eigenvalue weighted by molar-refractivity contribution is 0.270. The zero-order valence-electron chi connectivity index (χ0n) is 10.1. The molecule has 0 bridgehead atoms. The Morgan fingerprint density at radius 3 is 2.74 bits per heavy atom. The van der Waals surface area contributed by atoms with Crippen LogP contribution in [0.4, 0.5) is 10.2 Å². The van der Waals surface area contributed by atoms with Crippen LogP contribution in [-0.4, -0.2) is 28.2 Å². The van der Waals surface area contributed by atoms with Crippen molar-refractivity contribution in [2.24, 2.45) is 0 Å². The zero-order chi connectivity index (χ0) is 13.7. The van der Waals surface area contributed by atoms with Crippen LogP contribution in [0, 0.1) is 5.82 Å². The van der Waals surface area contributed by atoms with Gasteiger partial charge in [-0.3, -0.25) is 0 Å². The molecule has 1 aromatic heterocycles. The fourth-order valence-electron chi connectivity index (χ4n) is 1.70. The van der Waals surface area contributed by atoms with E-state index in [1.807, 2.05) is 30.3 Å². The number of aliphatic hydroxyl groups excluding tert-OH is 1. The molecule has 2 rings (SSSR count). The summed E-state index contributed by atoms with van der Waals surface area (Å²) in [5, 5.41) is 12.2. The Morgan fingerprint density at radius 1 is 1.32 bits per heavy atom. The van der Waals surface area contributed by atoms with E-state index in [9.17, 15) is 9.50 Å². The Bertz CT molecular complexity index is 539. The Hall–Kier alpha value is -1.72. The third kappa shape index (κ3) is 3.62. The van der Waals surface area contributed by atoms with Crippen molar-refractivity contribution in [3.05, 3.63) is 53.2 Å². The minimum Gasteiger partial charge on any atom is -0.396 e. The largest absolute Gasteiger partial charge is 0.396 e. The Kier molecular flexibility index (Phi) is 4.65. The molecule has 1 unspecified atom stereocenters. The molecule has 0 spiro atoms. The summed E-state index contributed by atoms with van der Waals surface area (Å²) in [4.78, 5) is 7.29. The van der Waals surface area contributed by atoms with E-state index in [-0.39, 0.29) is 23.6 Å². The second-order valence-electron chi connectivity index (χ2n) is 4.01. The average molecular weight is 282 g/mol. The van der Waals surface area contributed by atoms with Crippen LogP contribution >= 0.6 is 11.6 Å². The molecule has 100 valence electrons. The summed E-state index contributed by atoms with van der Waals surface area (Å²) in [7, 11) is 0. The highest BCUT2D eigenvalue weighted by Gasteiger charge is 2.12. The van der Waals surface area contributed by atoms with Crippen LogP contribution in [0.5, 0.6) is 0 Å². The Morgan fingerprint density at radius 2 is 2.05 bits per heavy atom. The lowest BCUT2D eigenvalue weighted by Crippen LogP contribution is -2.17. The van der Waals surface area contributed by atoms with Gasteiger partial charge in [0.15, 0.2) is 11.6 Å². The monoisotopic (exact) mass is 281 g/mol.